The lowest BCUT2D eigenvalue weighted by Crippen LogP contribution is -3.00. The summed E-state index contributed by atoms with van der Waals surface area (Å²) in [5.41, 5.74) is 2.99. The van der Waals surface area contributed by atoms with E-state index in [0.717, 1.165) is 16.6 Å². The van der Waals surface area contributed by atoms with E-state index in [0.29, 0.717) is 12.2 Å². The fourth-order valence-electron chi connectivity index (χ4n) is 2.76. The van der Waals surface area contributed by atoms with Crippen molar-refractivity contribution in [1.82, 2.24) is 9.13 Å². The average molecular weight is 401 g/mol. The largest absolute Gasteiger partial charge is 1.00 e. The Labute approximate surface area is 158 Å². The van der Waals surface area contributed by atoms with Crippen LogP contribution in [0.2, 0.25) is 0 Å². The zero-order valence-electron chi connectivity index (χ0n) is 14.8. The van der Waals surface area contributed by atoms with Gasteiger partial charge in [0.2, 0.25) is 5.62 Å². The fourth-order valence-corrected chi connectivity index (χ4v) is 2.76. The molecule has 0 radical (unpaired) electrons. The molecule has 0 bridgehead atoms. The maximum atomic E-state index is 12.5. The van der Waals surface area contributed by atoms with Crippen molar-refractivity contribution in [1.29, 1.82) is 5.41 Å². The van der Waals surface area contributed by atoms with Gasteiger partial charge in [-0.25, -0.2) is 0 Å². The summed E-state index contributed by atoms with van der Waals surface area (Å²) in [5, 5.41) is 8.60. The normalized spacial score (nSPS) is 11.3. The number of aromatic nitrogens is 2. The maximum Gasteiger partial charge on any atom is 0.203 e. The number of fused-ring (bicyclic) bond motifs is 1. The standard InChI is InChI=1S/C20H23N3O.BrH/c1-20(2,3)18(24)14-23-17-12-8-7-11-16(17)22(19(23)21)13-15-9-5-4-6-10-15;/h4-12,21H,13-14H2,1-3H3;1H/p-1. The van der Waals surface area contributed by atoms with Crippen molar-refractivity contribution in [3.8, 4) is 0 Å². The van der Waals surface area contributed by atoms with Crippen LogP contribution in [0, 0.1) is 10.8 Å². The quantitative estimate of drug-likeness (QED) is 0.684. The number of nitrogens with one attached hydrogen (secondary N) is 1. The van der Waals surface area contributed by atoms with Crippen molar-refractivity contribution in [3.05, 3.63) is 65.8 Å². The van der Waals surface area contributed by atoms with Gasteiger partial charge in [0.1, 0.15) is 0 Å². The molecule has 25 heavy (non-hydrogen) atoms. The molecule has 1 heterocycles. The van der Waals surface area contributed by atoms with Gasteiger partial charge in [-0.05, 0) is 17.7 Å². The topological polar surface area (TPSA) is 50.8 Å². The minimum Gasteiger partial charge on any atom is -1.00 e. The summed E-state index contributed by atoms with van der Waals surface area (Å²) in [5.74, 6) is 0.128. The zero-order chi connectivity index (χ0) is 17.3. The molecule has 0 fully saturated rings. The number of halogens is 1. The second-order valence-electron chi connectivity index (χ2n) is 7.14. The van der Waals surface area contributed by atoms with E-state index in [4.69, 9.17) is 5.41 Å². The van der Waals surface area contributed by atoms with Gasteiger partial charge in [0.15, 0.2) is 5.78 Å². The molecule has 0 saturated heterocycles. The molecule has 132 valence electrons. The number of rotatable bonds is 4. The number of para-hydroxylation sites is 2. The van der Waals surface area contributed by atoms with Crippen molar-refractivity contribution in [3.63, 3.8) is 0 Å². The maximum absolute atomic E-state index is 12.5. The number of hydrogen-bond acceptors (Lipinski definition) is 2. The summed E-state index contributed by atoms with van der Waals surface area (Å²) >= 11 is 0. The SMILES string of the molecule is CC(C)(C)C(=O)Cn1c(=N)n(Cc2ccccc2)c2ccccc21.[Br-]. The van der Waals surface area contributed by atoms with Gasteiger partial charge in [-0.1, -0.05) is 63.2 Å². The Hall–Kier alpha value is -2.14. The van der Waals surface area contributed by atoms with Gasteiger partial charge in [-0.3, -0.25) is 10.2 Å². The van der Waals surface area contributed by atoms with E-state index in [9.17, 15) is 4.79 Å². The van der Waals surface area contributed by atoms with Crippen LogP contribution in [0.4, 0.5) is 0 Å². The van der Waals surface area contributed by atoms with E-state index >= 15 is 0 Å². The third-order valence-electron chi connectivity index (χ3n) is 4.30. The number of Topliss-reactive ketones (excluding diaryl/α,β-unsaturated/α-hetero) is 1. The number of imidazole rings is 1. The first-order valence-electron chi connectivity index (χ1n) is 8.18. The van der Waals surface area contributed by atoms with Crippen LogP contribution in [0.25, 0.3) is 11.0 Å². The smallest absolute Gasteiger partial charge is 0.203 e. The number of carbonyl (C=O) groups is 1. The summed E-state index contributed by atoms with van der Waals surface area (Å²) in [4.78, 5) is 12.5. The van der Waals surface area contributed by atoms with Crippen LogP contribution < -0.4 is 22.6 Å². The molecule has 0 saturated carbocycles. The first-order valence-corrected chi connectivity index (χ1v) is 8.18. The van der Waals surface area contributed by atoms with E-state index in [2.05, 4.69) is 12.1 Å². The van der Waals surface area contributed by atoms with Crippen LogP contribution in [0.15, 0.2) is 54.6 Å². The Kier molecular flexibility index (Phi) is 5.68. The molecule has 5 heteroatoms. The highest BCUT2D eigenvalue weighted by Crippen LogP contribution is 2.19. The molecule has 0 spiro atoms. The van der Waals surface area contributed by atoms with Crippen LogP contribution >= 0.6 is 0 Å². The van der Waals surface area contributed by atoms with Gasteiger partial charge in [0.05, 0.1) is 24.1 Å². The predicted octanol–water partition coefficient (Wildman–Crippen LogP) is 0.590. The molecule has 3 aromatic rings. The first kappa shape index (κ1) is 19.2. The fraction of sp³-hybridized carbons (Fsp3) is 0.300. The molecule has 1 aromatic heterocycles. The first-order chi connectivity index (χ1) is 11.4. The Bertz CT molecular complexity index is 933. The van der Waals surface area contributed by atoms with Gasteiger partial charge in [-0.2, -0.15) is 0 Å². The highest BCUT2D eigenvalue weighted by Gasteiger charge is 2.23. The zero-order valence-corrected chi connectivity index (χ0v) is 16.4. The summed E-state index contributed by atoms with van der Waals surface area (Å²) in [6, 6.07) is 18.0. The van der Waals surface area contributed by atoms with Crippen LogP contribution in [0.3, 0.4) is 0 Å². The van der Waals surface area contributed by atoms with Crippen molar-refractivity contribution in [2.45, 2.75) is 33.9 Å². The second-order valence-corrected chi connectivity index (χ2v) is 7.14. The molecule has 0 aliphatic rings. The van der Waals surface area contributed by atoms with Crippen molar-refractivity contribution in [2.75, 3.05) is 0 Å². The minimum absolute atomic E-state index is 0. The monoisotopic (exact) mass is 400 g/mol. The highest BCUT2D eigenvalue weighted by atomic mass is 79.9. The molecule has 0 atom stereocenters. The van der Waals surface area contributed by atoms with E-state index in [1.807, 2.05) is 72.4 Å². The third-order valence-corrected chi connectivity index (χ3v) is 4.30. The Morgan fingerprint density at radius 1 is 0.920 bits per heavy atom. The summed E-state index contributed by atoms with van der Waals surface area (Å²) < 4.78 is 3.77. The molecule has 0 unspecified atom stereocenters. The lowest BCUT2D eigenvalue weighted by molar-refractivity contribution is -0.126. The molecular weight excluding hydrogens is 378 g/mol. The van der Waals surface area contributed by atoms with Gasteiger partial charge < -0.3 is 26.1 Å². The van der Waals surface area contributed by atoms with E-state index in [-0.39, 0.29) is 29.3 Å². The highest BCUT2D eigenvalue weighted by molar-refractivity contribution is 5.85. The number of nitrogens with zero attached hydrogens (tertiary/aromatic N) is 2. The Morgan fingerprint density at radius 3 is 2.00 bits per heavy atom. The summed E-state index contributed by atoms with van der Waals surface area (Å²) in [6.45, 7) is 6.61. The number of hydrogen-bond donors (Lipinski definition) is 1. The van der Waals surface area contributed by atoms with Gasteiger partial charge in [0, 0.05) is 5.41 Å². The van der Waals surface area contributed by atoms with Crippen molar-refractivity contribution in [2.24, 2.45) is 5.41 Å². The van der Waals surface area contributed by atoms with E-state index in [1.165, 1.54) is 0 Å². The molecular formula is C20H23BrN3O-. The van der Waals surface area contributed by atoms with Crippen molar-refractivity contribution < 1.29 is 21.8 Å². The van der Waals surface area contributed by atoms with Gasteiger partial charge >= 0.3 is 0 Å². The third kappa shape index (κ3) is 3.93. The molecule has 3 rings (SSSR count). The predicted molar refractivity (Wildman–Crippen MR) is 95.8 cm³/mol. The molecule has 1 N–H and O–H groups in total. The van der Waals surface area contributed by atoms with E-state index in [1.54, 1.807) is 0 Å². The lowest BCUT2D eigenvalue weighted by Gasteiger charge is -2.17. The molecule has 2 aromatic carbocycles. The van der Waals surface area contributed by atoms with Crippen LogP contribution in [-0.4, -0.2) is 14.9 Å². The second kappa shape index (κ2) is 7.40. The Morgan fingerprint density at radius 2 is 1.44 bits per heavy atom. The van der Waals surface area contributed by atoms with E-state index < -0.39 is 5.41 Å². The molecule has 0 aliphatic heterocycles. The van der Waals surface area contributed by atoms with Crippen LogP contribution in [-0.2, 0) is 17.9 Å². The number of ketones is 1. The van der Waals surface area contributed by atoms with Crippen LogP contribution in [0.1, 0.15) is 26.3 Å². The minimum atomic E-state index is -0.415. The summed E-state index contributed by atoms with van der Waals surface area (Å²) in [7, 11) is 0. The summed E-state index contributed by atoms with van der Waals surface area (Å²) in [6.07, 6.45) is 0. The van der Waals surface area contributed by atoms with Crippen LogP contribution in [0.5, 0.6) is 0 Å². The van der Waals surface area contributed by atoms with Crippen molar-refractivity contribution >= 4 is 16.8 Å². The number of benzene rings is 2. The van der Waals surface area contributed by atoms with Gasteiger partial charge in [0.25, 0.3) is 0 Å². The average Bonchev–Trinajstić information content (AvgIpc) is 2.81. The lowest BCUT2D eigenvalue weighted by atomic mass is 9.91. The Balaban J connectivity index is 0.00000225. The number of carbonyl (C=O) groups excluding carboxylic acids is 1. The van der Waals surface area contributed by atoms with Gasteiger partial charge in [-0.15, -0.1) is 0 Å². The molecule has 0 aliphatic carbocycles. The molecule has 0 amide bonds. The molecule has 4 nitrogen and oxygen atoms in total.